The minimum Gasteiger partial charge on any atom is -0.443 e. The van der Waals surface area contributed by atoms with E-state index in [-0.39, 0.29) is 17.9 Å². The van der Waals surface area contributed by atoms with Gasteiger partial charge in [0.15, 0.2) is 5.82 Å². The van der Waals surface area contributed by atoms with Gasteiger partial charge in [-0.2, -0.15) is 13.9 Å². The van der Waals surface area contributed by atoms with Gasteiger partial charge < -0.3 is 20.1 Å². The van der Waals surface area contributed by atoms with Gasteiger partial charge in [0.1, 0.15) is 17.9 Å². The molecule has 38 heavy (non-hydrogen) atoms. The summed E-state index contributed by atoms with van der Waals surface area (Å²) < 4.78 is 51.0. The van der Waals surface area contributed by atoms with E-state index in [1.54, 1.807) is 22.7 Å². The summed E-state index contributed by atoms with van der Waals surface area (Å²) in [5.41, 5.74) is 1.96. The molecule has 2 saturated carbocycles. The Balaban J connectivity index is 1.07. The molecule has 0 aromatic carbocycles. The molecule has 0 radical (unpaired) electrons. The standard InChI is InChI=1S/C24H29F3N8O3/c1-24(3-4-24)31-23(36)38-18-7-13(6-16(18)25)17-8-19(33-32-17)30-22-28-5-2-20-29-14(10-35(20)22)9-34-11-15(12-34)37-21(26)27/h2,5,8,10,13,15-16,18,21H,3-4,6-7,9,11-12H2,1H3,(H,31,36)(H2,28,30,32,33)/t13-,16+,18-/m0/s1. The second kappa shape index (κ2) is 9.73. The van der Waals surface area contributed by atoms with Crippen LogP contribution in [0.5, 0.6) is 0 Å². The number of imidazole rings is 1. The Morgan fingerprint density at radius 2 is 2.13 bits per heavy atom. The van der Waals surface area contributed by atoms with E-state index in [1.165, 1.54) is 0 Å². The van der Waals surface area contributed by atoms with Crippen LogP contribution >= 0.6 is 0 Å². The molecular formula is C24H29F3N8O3. The molecule has 14 heteroatoms. The van der Waals surface area contributed by atoms with E-state index >= 15 is 0 Å². The lowest BCUT2D eigenvalue weighted by molar-refractivity contribution is -0.197. The number of alkyl carbamates (subject to hydrolysis) is 1. The zero-order valence-corrected chi connectivity index (χ0v) is 20.7. The first-order chi connectivity index (χ1) is 18.2. The molecule has 11 nitrogen and oxygen atoms in total. The van der Waals surface area contributed by atoms with Gasteiger partial charge in [-0.05, 0) is 38.7 Å². The van der Waals surface area contributed by atoms with Gasteiger partial charge in [0.2, 0.25) is 5.95 Å². The van der Waals surface area contributed by atoms with E-state index in [2.05, 4.69) is 35.5 Å². The fraction of sp³-hybridized carbons (Fsp3) is 0.583. The molecule has 204 valence electrons. The quantitative estimate of drug-likeness (QED) is 0.382. The highest BCUT2D eigenvalue weighted by Crippen LogP contribution is 2.39. The minimum absolute atomic E-state index is 0.166. The monoisotopic (exact) mass is 534 g/mol. The summed E-state index contributed by atoms with van der Waals surface area (Å²) in [6.45, 7) is 0.531. The second-order valence-corrected chi connectivity index (χ2v) is 10.6. The van der Waals surface area contributed by atoms with Gasteiger partial charge in [0.25, 0.3) is 0 Å². The van der Waals surface area contributed by atoms with Crippen LogP contribution in [0.3, 0.4) is 0 Å². The van der Waals surface area contributed by atoms with Crippen molar-refractivity contribution in [2.45, 2.75) is 75.6 Å². The lowest BCUT2D eigenvalue weighted by Crippen LogP contribution is -2.52. The van der Waals surface area contributed by atoms with Crippen molar-refractivity contribution in [3.05, 3.63) is 35.9 Å². The molecule has 3 N–H and O–H groups in total. The molecule has 3 aromatic heterocycles. The van der Waals surface area contributed by atoms with Crippen LogP contribution in [0.2, 0.25) is 0 Å². The molecule has 3 aromatic rings. The van der Waals surface area contributed by atoms with Crippen molar-refractivity contribution in [2.24, 2.45) is 0 Å². The molecule has 0 spiro atoms. The van der Waals surface area contributed by atoms with Crippen molar-refractivity contribution in [2.75, 3.05) is 18.4 Å². The Morgan fingerprint density at radius 3 is 2.89 bits per heavy atom. The van der Waals surface area contributed by atoms with E-state index < -0.39 is 31.1 Å². The van der Waals surface area contributed by atoms with Gasteiger partial charge >= 0.3 is 12.7 Å². The van der Waals surface area contributed by atoms with Gasteiger partial charge in [-0.15, -0.1) is 0 Å². The number of fused-ring (bicyclic) bond motifs is 1. The van der Waals surface area contributed by atoms with Crippen molar-refractivity contribution < 1.29 is 27.4 Å². The van der Waals surface area contributed by atoms with Crippen LogP contribution in [0.15, 0.2) is 24.5 Å². The zero-order valence-electron chi connectivity index (χ0n) is 20.7. The SMILES string of the molecule is CC1(NC(=O)O[C@H]2C[C@@H](c3cc(Nc4nccc5nc(CN6CC(OC(F)F)C6)cn45)n[nH]3)C[C@H]2F)CC1. The number of anilines is 2. The lowest BCUT2D eigenvalue weighted by Gasteiger charge is -2.37. The molecule has 2 aliphatic carbocycles. The van der Waals surface area contributed by atoms with Crippen molar-refractivity contribution in [3.8, 4) is 0 Å². The number of aromatic nitrogens is 5. The van der Waals surface area contributed by atoms with Gasteiger partial charge in [-0.3, -0.25) is 14.4 Å². The second-order valence-electron chi connectivity index (χ2n) is 10.6. The number of aromatic amines is 1. The third-order valence-corrected chi connectivity index (χ3v) is 7.41. The number of ether oxygens (including phenoxy) is 2. The highest BCUT2D eigenvalue weighted by Gasteiger charge is 2.42. The van der Waals surface area contributed by atoms with Crippen LogP contribution in [0, 0.1) is 0 Å². The maximum atomic E-state index is 14.6. The fourth-order valence-electron chi connectivity index (χ4n) is 5.02. The summed E-state index contributed by atoms with van der Waals surface area (Å²) in [6, 6.07) is 3.57. The predicted octanol–water partition coefficient (Wildman–Crippen LogP) is 3.48. The van der Waals surface area contributed by atoms with Gasteiger partial charge in [-0.25, -0.2) is 19.2 Å². The van der Waals surface area contributed by atoms with Gasteiger partial charge in [0, 0.05) is 55.2 Å². The van der Waals surface area contributed by atoms with E-state index in [1.807, 2.05) is 18.0 Å². The molecule has 0 unspecified atom stereocenters. The Labute approximate surface area is 216 Å². The van der Waals surface area contributed by atoms with Crippen LogP contribution in [-0.2, 0) is 16.0 Å². The number of likely N-dealkylation sites (tertiary alicyclic amines) is 1. The number of hydrogen-bond acceptors (Lipinski definition) is 8. The lowest BCUT2D eigenvalue weighted by atomic mass is 10.0. The smallest absolute Gasteiger partial charge is 0.407 e. The summed E-state index contributed by atoms with van der Waals surface area (Å²) in [4.78, 5) is 23.1. The first-order valence-corrected chi connectivity index (χ1v) is 12.7. The van der Waals surface area contributed by atoms with Crippen molar-refractivity contribution in [3.63, 3.8) is 0 Å². The Kier molecular flexibility index (Phi) is 6.38. The number of nitrogens with zero attached hydrogens (tertiary/aromatic N) is 5. The largest absolute Gasteiger partial charge is 0.443 e. The number of amides is 1. The van der Waals surface area contributed by atoms with Crippen molar-refractivity contribution in [1.82, 2.24) is 34.8 Å². The van der Waals surface area contributed by atoms with E-state index in [0.717, 1.165) is 24.2 Å². The van der Waals surface area contributed by atoms with Crippen molar-refractivity contribution >= 4 is 23.5 Å². The van der Waals surface area contributed by atoms with Crippen molar-refractivity contribution in [1.29, 1.82) is 0 Å². The van der Waals surface area contributed by atoms with Crippen LogP contribution in [0.1, 0.15) is 49.9 Å². The molecule has 3 fully saturated rings. The number of carbonyl (C=O) groups excluding carboxylic acids is 1. The number of hydrogen-bond donors (Lipinski definition) is 3. The van der Waals surface area contributed by atoms with E-state index in [9.17, 15) is 18.0 Å². The third-order valence-electron chi connectivity index (χ3n) is 7.41. The molecule has 1 aliphatic heterocycles. The van der Waals surface area contributed by atoms with Gasteiger partial charge in [0.05, 0.1) is 11.8 Å². The van der Waals surface area contributed by atoms with Crippen LogP contribution in [-0.4, -0.2) is 79.2 Å². The number of halogens is 3. The average Bonchev–Trinajstić information content (AvgIpc) is 3.20. The van der Waals surface area contributed by atoms with Crippen LogP contribution < -0.4 is 10.6 Å². The Morgan fingerprint density at radius 1 is 1.32 bits per heavy atom. The summed E-state index contributed by atoms with van der Waals surface area (Å²) in [7, 11) is 0. The average molecular weight is 535 g/mol. The highest BCUT2D eigenvalue weighted by atomic mass is 19.3. The summed E-state index contributed by atoms with van der Waals surface area (Å²) in [5, 5.41) is 13.2. The fourth-order valence-corrected chi connectivity index (χ4v) is 5.02. The summed E-state index contributed by atoms with van der Waals surface area (Å²) >= 11 is 0. The highest BCUT2D eigenvalue weighted by molar-refractivity contribution is 5.69. The van der Waals surface area contributed by atoms with Gasteiger partial charge in [-0.1, -0.05) is 0 Å². The zero-order chi connectivity index (χ0) is 26.4. The molecular weight excluding hydrogens is 505 g/mol. The molecule has 6 rings (SSSR count). The number of carbonyl (C=O) groups is 1. The third kappa shape index (κ3) is 5.41. The molecule has 3 atom stereocenters. The molecule has 1 saturated heterocycles. The molecule has 4 heterocycles. The predicted molar refractivity (Wildman–Crippen MR) is 129 cm³/mol. The number of H-pyrrole nitrogens is 1. The number of nitrogens with one attached hydrogen (secondary N) is 3. The number of rotatable bonds is 9. The number of alkyl halides is 3. The first-order valence-electron chi connectivity index (χ1n) is 12.7. The Hall–Kier alpha value is -3.39. The molecule has 1 amide bonds. The maximum absolute atomic E-state index is 14.6. The van der Waals surface area contributed by atoms with Crippen LogP contribution in [0.4, 0.5) is 29.7 Å². The summed E-state index contributed by atoms with van der Waals surface area (Å²) in [6.07, 6.45) is 2.78. The van der Waals surface area contributed by atoms with E-state index in [4.69, 9.17) is 4.74 Å². The maximum Gasteiger partial charge on any atom is 0.407 e. The topological polar surface area (TPSA) is 122 Å². The van der Waals surface area contributed by atoms with Crippen LogP contribution in [0.25, 0.3) is 5.65 Å². The molecule has 0 bridgehead atoms. The normalized spacial score (nSPS) is 25.0. The van der Waals surface area contributed by atoms with E-state index in [0.29, 0.717) is 43.5 Å². The molecule has 3 aliphatic rings. The first kappa shape index (κ1) is 24.9. The minimum atomic E-state index is -2.76. The summed E-state index contributed by atoms with van der Waals surface area (Å²) in [5.74, 6) is 0.826. The Bertz CT molecular complexity index is 1310.